The number of halogens is 1. The summed E-state index contributed by atoms with van der Waals surface area (Å²) in [4.78, 5) is 18.8. The van der Waals surface area contributed by atoms with Crippen molar-refractivity contribution in [1.29, 1.82) is 0 Å². The van der Waals surface area contributed by atoms with E-state index in [1.165, 1.54) is 6.33 Å². The SMILES string of the molecule is Clc1cc(-c2cncnc2)nc(N2CCOCC2)n1. The highest BCUT2D eigenvalue weighted by Crippen LogP contribution is 2.22. The van der Waals surface area contributed by atoms with Crippen LogP contribution in [0.15, 0.2) is 24.8 Å². The first-order valence-corrected chi connectivity index (χ1v) is 6.33. The maximum Gasteiger partial charge on any atom is 0.227 e. The molecule has 0 radical (unpaired) electrons. The lowest BCUT2D eigenvalue weighted by molar-refractivity contribution is 0.122. The van der Waals surface area contributed by atoms with Crippen LogP contribution in [0.4, 0.5) is 5.95 Å². The van der Waals surface area contributed by atoms with Crippen LogP contribution in [0, 0.1) is 0 Å². The number of morpholine rings is 1. The quantitative estimate of drug-likeness (QED) is 0.774. The van der Waals surface area contributed by atoms with Crippen molar-refractivity contribution in [3.63, 3.8) is 0 Å². The van der Waals surface area contributed by atoms with Gasteiger partial charge in [0.1, 0.15) is 11.5 Å². The van der Waals surface area contributed by atoms with Crippen LogP contribution in [-0.4, -0.2) is 46.2 Å². The molecule has 0 amide bonds. The first-order valence-electron chi connectivity index (χ1n) is 5.95. The zero-order valence-corrected chi connectivity index (χ0v) is 10.9. The Bertz CT molecular complexity index is 559. The smallest absolute Gasteiger partial charge is 0.227 e. The molecule has 1 fully saturated rings. The summed E-state index contributed by atoms with van der Waals surface area (Å²) in [6, 6.07) is 1.71. The van der Waals surface area contributed by atoms with Gasteiger partial charge in [0, 0.05) is 37.1 Å². The van der Waals surface area contributed by atoms with E-state index in [1.54, 1.807) is 18.5 Å². The topological polar surface area (TPSA) is 64.0 Å². The lowest BCUT2D eigenvalue weighted by atomic mass is 10.2. The van der Waals surface area contributed by atoms with Crippen molar-refractivity contribution < 1.29 is 4.74 Å². The number of aromatic nitrogens is 4. The molecule has 1 aliphatic rings. The van der Waals surface area contributed by atoms with Crippen molar-refractivity contribution in [2.45, 2.75) is 0 Å². The highest BCUT2D eigenvalue weighted by atomic mass is 35.5. The van der Waals surface area contributed by atoms with Gasteiger partial charge in [0.05, 0.1) is 18.9 Å². The lowest BCUT2D eigenvalue weighted by Crippen LogP contribution is -2.37. The first-order chi connectivity index (χ1) is 9.33. The van der Waals surface area contributed by atoms with Crippen molar-refractivity contribution in [1.82, 2.24) is 19.9 Å². The molecule has 19 heavy (non-hydrogen) atoms. The Morgan fingerprint density at radius 1 is 1.11 bits per heavy atom. The third-order valence-electron chi connectivity index (χ3n) is 2.83. The first kappa shape index (κ1) is 12.3. The predicted octanol–water partition coefficient (Wildman–Crippen LogP) is 1.42. The summed E-state index contributed by atoms with van der Waals surface area (Å²) >= 11 is 6.07. The molecule has 2 aromatic rings. The summed E-state index contributed by atoms with van der Waals surface area (Å²) < 4.78 is 5.32. The molecule has 0 bridgehead atoms. The molecule has 0 spiro atoms. The summed E-state index contributed by atoms with van der Waals surface area (Å²) in [7, 11) is 0. The third-order valence-corrected chi connectivity index (χ3v) is 3.03. The summed E-state index contributed by atoms with van der Waals surface area (Å²) in [6.07, 6.45) is 4.89. The molecule has 7 heteroatoms. The van der Waals surface area contributed by atoms with E-state index in [9.17, 15) is 0 Å². The third kappa shape index (κ3) is 2.80. The van der Waals surface area contributed by atoms with Gasteiger partial charge in [0.2, 0.25) is 5.95 Å². The van der Waals surface area contributed by atoms with Gasteiger partial charge < -0.3 is 9.64 Å². The van der Waals surface area contributed by atoms with E-state index in [4.69, 9.17) is 16.3 Å². The molecular formula is C12H12ClN5O. The fourth-order valence-corrected chi connectivity index (χ4v) is 2.07. The Morgan fingerprint density at radius 3 is 2.58 bits per heavy atom. The van der Waals surface area contributed by atoms with Gasteiger partial charge in [-0.15, -0.1) is 0 Å². The van der Waals surface area contributed by atoms with E-state index < -0.39 is 0 Å². The zero-order chi connectivity index (χ0) is 13.1. The van der Waals surface area contributed by atoms with Crippen LogP contribution in [0.25, 0.3) is 11.3 Å². The van der Waals surface area contributed by atoms with Crippen molar-refractivity contribution in [2.24, 2.45) is 0 Å². The van der Waals surface area contributed by atoms with Gasteiger partial charge in [0.25, 0.3) is 0 Å². The van der Waals surface area contributed by atoms with E-state index in [1.807, 2.05) is 0 Å². The van der Waals surface area contributed by atoms with Gasteiger partial charge in [-0.3, -0.25) is 0 Å². The summed E-state index contributed by atoms with van der Waals surface area (Å²) in [5.41, 5.74) is 1.54. The van der Waals surface area contributed by atoms with Crippen molar-refractivity contribution in [2.75, 3.05) is 31.2 Å². The lowest BCUT2D eigenvalue weighted by Gasteiger charge is -2.27. The molecule has 6 nitrogen and oxygen atoms in total. The minimum absolute atomic E-state index is 0.412. The van der Waals surface area contributed by atoms with Crippen molar-refractivity contribution in [3.8, 4) is 11.3 Å². The Labute approximate surface area is 115 Å². The van der Waals surface area contributed by atoms with Gasteiger partial charge in [-0.1, -0.05) is 11.6 Å². The Morgan fingerprint density at radius 2 is 1.84 bits per heavy atom. The van der Waals surface area contributed by atoms with Crippen LogP contribution < -0.4 is 4.90 Å². The van der Waals surface area contributed by atoms with E-state index in [-0.39, 0.29) is 0 Å². The standard InChI is InChI=1S/C12H12ClN5O/c13-11-5-10(9-6-14-8-15-7-9)16-12(17-11)18-1-3-19-4-2-18/h5-8H,1-4H2. The zero-order valence-electron chi connectivity index (χ0n) is 10.2. The second kappa shape index (κ2) is 5.46. The molecule has 3 heterocycles. The van der Waals surface area contributed by atoms with E-state index >= 15 is 0 Å². The van der Waals surface area contributed by atoms with Gasteiger partial charge in [-0.2, -0.15) is 0 Å². The fraction of sp³-hybridized carbons (Fsp3) is 0.333. The molecule has 1 aliphatic heterocycles. The Balaban J connectivity index is 1.96. The maximum atomic E-state index is 6.07. The molecule has 2 aromatic heterocycles. The number of anilines is 1. The minimum Gasteiger partial charge on any atom is -0.378 e. The molecular weight excluding hydrogens is 266 g/mol. The summed E-state index contributed by atoms with van der Waals surface area (Å²) in [5.74, 6) is 0.620. The number of nitrogens with zero attached hydrogens (tertiary/aromatic N) is 5. The van der Waals surface area contributed by atoms with E-state index in [0.29, 0.717) is 24.3 Å². The van der Waals surface area contributed by atoms with Crippen LogP contribution >= 0.6 is 11.6 Å². The number of hydrogen-bond acceptors (Lipinski definition) is 6. The average molecular weight is 278 g/mol. The van der Waals surface area contributed by atoms with Crippen LogP contribution in [0.5, 0.6) is 0 Å². The van der Waals surface area contributed by atoms with Crippen LogP contribution in [0.3, 0.4) is 0 Å². The molecule has 3 rings (SSSR count). The van der Waals surface area contributed by atoms with Crippen LogP contribution in [0.1, 0.15) is 0 Å². The van der Waals surface area contributed by atoms with Crippen LogP contribution in [0.2, 0.25) is 5.15 Å². The molecule has 0 aliphatic carbocycles. The van der Waals surface area contributed by atoms with E-state index in [2.05, 4.69) is 24.8 Å². The maximum absolute atomic E-state index is 6.07. The van der Waals surface area contributed by atoms with E-state index in [0.717, 1.165) is 24.3 Å². The largest absolute Gasteiger partial charge is 0.378 e. The van der Waals surface area contributed by atoms with Gasteiger partial charge in [-0.25, -0.2) is 19.9 Å². The highest BCUT2D eigenvalue weighted by molar-refractivity contribution is 6.29. The van der Waals surface area contributed by atoms with Crippen LogP contribution in [-0.2, 0) is 4.74 Å². The number of hydrogen-bond donors (Lipinski definition) is 0. The van der Waals surface area contributed by atoms with Crippen molar-refractivity contribution in [3.05, 3.63) is 29.9 Å². The Kier molecular flexibility index (Phi) is 3.52. The van der Waals surface area contributed by atoms with Gasteiger partial charge in [0.15, 0.2) is 0 Å². The molecule has 0 aromatic carbocycles. The predicted molar refractivity (Wildman–Crippen MR) is 71.1 cm³/mol. The molecule has 0 N–H and O–H groups in total. The monoisotopic (exact) mass is 277 g/mol. The van der Waals surface area contributed by atoms with Gasteiger partial charge >= 0.3 is 0 Å². The molecule has 0 saturated carbocycles. The number of ether oxygens (including phenoxy) is 1. The molecule has 1 saturated heterocycles. The second-order valence-electron chi connectivity index (χ2n) is 4.10. The number of rotatable bonds is 2. The summed E-state index contributed by atoms with van der Waals surface area (Å²) in [6.45, 7) is 2.90. The molecule has 0 atom stereocenters. The average Bonchev–Trinajstić information content (AvgIpc) is 2.48. The Hall–Kier alpha value is -1.79. The second-order valence-corrected chi connectivity index (χ2v) is 4.49. The normalized spacial score (nSPS) is 15.5. The van der Waals surface area contributed by atoms with Gasteiger partial charge in [-0.05, 0) is 0 Å². The summed E-state index contributed by atoms with van der Waals surface area (Å²) in [5, 5.41) is 0.412. The fourth-order valence-electron chi connectivity index (χ4n) is 1.89. The molecule has 98 valence electrons. The van der Waals surface area contributed by atoms with Crippen molar-refractivity contribution >= 4 is 17.5 Å². The highest BCUT2D eigenvalue weighted by Gasteiger charge is 2.15. The minimum atomic E-state index is 0.412. The molecule has 0 unspecified atom stereocenters.